The van der Waals surface area contributed by atoms with Crippen LogP contribution >= 0.6 is 0 Å². The van der Waals surface area contributed by atoms with Crippen LogP contribution in [0.5, 0.6) is 0 Å². The summed E-state index contributed by atoms with van der Waals surface area (Å²) in [7, 11) is 0. The van der Waals surface area contributed by atoms with Gasteiger partial charge in [0.05, 0.1) is 22.8 Å². The van der Waals surface area contributed by atoms with Crippen LogP contribution in [0.25, 0.3) is 0 Å². The van der Waals surface area contributed by atoms with Gasteiger partial charge in [-0.3, -0.25) is 14.8 Å². The first-order valence-corrected chi connectivity index (χ1v) is 10.9. The van der Waals surface area contributed by atoms with Crippen molar-refractivity contribution in [2.24, 2.45) is 0 Å². The lowest BCUT2D eigenvalue weighted by molar-refractivity contribution is -0.137. The van der Waals surface area contributed by atoms with Gasteiger partial charge < -0.3 is 5.32 Å². The Morgan fingerprint density at radius 2 is 1.79 bits per heavy atom. The highest BCUT2D eigenvalue weighted by atomic mass is 19.4. The Hall–Kier alpha value is -3.13. The molecule has 2 heterocycles. The molecule has 0 spiro atoms. The van der Waals surface area contributed by atoms with E-state index in [1.54, 1.807) is 18.2 Å². The van der Waals surface area contributed by atoms with Crippen molar-refractivity contribution in [2.75, 3.05) is 5.32 Å². The second-order valence-corrected chi connectivity index (χ2v) is 9.37. The number of carbonyl (C=O) groups excluding carboxylic acids is 1. The van der Waals surface area contributed by atoms with E-state index in [2.05, 4.69) is 10.6 Å². The number of alkyl halides is 3. The topological polar surface area (TPSA) is 59.0 Å². The summed E-state index contributed by atoms with van der Waals surface area (Å²) in [6, 6.07) is 15.2. The summed E-state index contributed by atoms with van der Waals surface area (Å²) in [5.41, 5.74) is 0.948. The molecule has 1 aromatic heterocycles. The van der Waals surface area contributed by atoms with Gasteiger partial charge in [0.1, 0.15) is 0 Å². The van der Waals surface area contributed by atoms with Crippen molar-refractivity contribution in [2.45, 2.75) is 56.9 Å². The van der Waals surface area contributed by atoms with Gasteiger partial charge in [0.2, 0.25) is 5.91 Å². The monoisotopic (exact) mass is 456 g/mol. The van der Waals surface area contributed by atoms with E-state index in [4.69, 9.17) is 5.10 Å². The standard InChI is InChI=1S/C25H27F3N4O/c1-24(2,3)32-13-12-20(31-32)19-15-21(23(33)29-18-10-5-4-6-11-18)30-22(19)16-8-7-9-17(14-16)25(26,27)28/h4-14,19,21-22,30H,15H2,1-3H3,(H,29,33)/t19?,21-,22-/m0/s1. The maximum atomic E-state index is 13.4. The number of aromatic nitrogens is 2. The van der Waals surface area contributed by atoms with Crippen molar-refractivity contribution in [1.29, 1.82) is 0 Å². The molecule has 1 saturated heterocycles. The number of hydrogen-bond acceptors (Lipinski definition) is 3. The first-order valence-electron chi connectivity index (χ1n) is 10.9. The van der Waals surface area contributed by atoms with E-state index < -0.39 is 23.8 Å². The van der Waals surface area contributed by atoms with Crippen molar-refractivity contribution in [3.8, 4) is 0 Å². The van der Waals surface area contributed by atoms with Gasteiger partial charge in [0.25, 0.3) is 0 Å². The molecule has 3 atom stereocenters. The van der Waals surface area contributed by atoms with Crippen molar-refractivity contribution in [3.05, 3.63) is 83.7 Å². The highest BCUT2D eigenvalue weighted by Gasteiger charge is 2.41. The van der Waals surface area contributed by atoms with Gasteiger partial charge in [-0.05, 0) is 63.1 Å². The molecule has 1 unspecified atom stereocenters. The number of para-hydroxylation sites is 1. The molecule has 8 heteroatoms. The molecule has 33 heavy (non-hydrogen) atoms. The van der Waals surface area contributed by atoms with Gasteiger partial charge in [-0.15, -0.1) is 0 Å². The number of rotatable bonds is 4. The third kappa shape index (κ3) is 5.11. The van der Waals surface area contributed by atoms with E-state index in [0.29, 0.717) is 17.7 Å². The lowest BCUT2D eigenvalue weighted by atomic mass is 9.90. The molecular weight excluding hydrogens is 429 g/mol. The predicted molar refractivity (Wildman–Crippen MR) is 121 cm³/mol. The van der Waals surface area contributed by atoms with E-state index in [0.717, 1.165) is 17.8 Å². The number of hydrogen-bond donors (Lipinski definition) is 2. The molecule has 174 valence electrons. The first-order chi connectivity index (χ1) is 15.5. The smallest absolute Gasteiger partial charge is 0.325 e. The molecule has 3 aromatic rings. The summed E-state index contributed by atoms with van der Waals surface area (Å²) < 4.78 is 41.9. The molecule has 2 N–H and O–H groups in total. The molecule has 5 nitrogen and oxygen atoms in total. The van der Waals surface area contributed by atoms with Gasteiger partial charge in [-0.25, -0.2) is 0 Å². The van der Waals surface area contributed by atoms with Gasteiger partial charge in [-0.1, -0.05) is 30.3 Å². The summed E-state index contributed by atoms with van der Waals surface area (Å²) >= 11 is 0. The molecule has 1 fully saturated rings. The summed E-state index contributed by atoms with van der Waals surface area (Å²) in [5, 5.41) is 10.9. The fourth-order valence-electron chi connectivity index (χ4n) is 4.16. The van der Waals surface area contributed by atoms with Crippen LogP contribution < -0.4 is 10.6 Å². The van der Waals surface area contributed by atoms with Crippen molar-refractivity contribution < 1.29 is 18.0 Å². The van der Waals surface area contributed by atoms with Gasteiger partial charge in [-0.2, -0.15) is 18.3 Å². The van der Waals surface area contributed by atoms with Crippen LogP contribution in [0.3, 0.4) is 0 Å². The first kappa shape index (κ1) is 23.0. The quantitative estimate of drug-likeness (QED) is 0.546. The Kier molecular flexibility index (Phi) is 6.05. The Morgan fingerprint density at radius 3 is 2.42 bits per heavy atom. The molecule has 0 saturated carbocycles. The van der Waals surface area contributed by atoms with Gasteiger partial charge in [0, 0.05) is 23.8 Å². The van der Waals surface area contributed by atoms with Crippen LogP contribution in [-0.2, 0) is 16.5 Å². The molecule has 0 radical (unpaired) electrons. The predicted octanol–water partition coefficient (Wildman–Crippen LogP) is 5.48. The van der Waals surface area contributed by atoms with Crippen LogP contribution in [0, 0.1) is 0 Å². The molecule has 1 aliphatic heterocycles. The minimum absolute atomic E-state index is 0.226. The fourth-order valence-corrected chi connectivity index (χ4v) is 4.16. The molecule has 4 rings (SSSR count). The van der Waals surface area contributed by atoms with Crippen molar-refractivity contribution in [3.63, 3.8) is 0 Å². The maximum absolute atomic E-state index is 13.4. The maximum Gasteiger partial charge on any atom is 0.416 e. The second-order valence-electron chi connectivity index (χ2n) is 9.37. The third-order valence-corrected chi connectivity index (χ3v) is 5.88. The number of benzene rings is 2. The van der Waals surface area contributed by atoms with Gasteiger partial charge >= 0.3 is 6.18 Å². The van der Waals surface area contributed by atoms with E-state index in [1.807, 2.05) is 55.9 Å². The lowest BCUT2D eigenvalue weighted by Crippen LogP contribution is -2.36. The molecule has 1 aliphatic rings. The minimum Gasteiger partial charge on any atom is -0.325 e. The number of nitrogens with zero attached hydrogens (tertiary/aromatic N) is 2. The molecular formula is C25H27F3N4O. The Labute approximate surface area is 191 Å². The van der Waals surface area contributed by atoms with Crippen LogP contribution in [-0.4, -0.2) is 21.7 Å². The summed E-state index contributed by atoms with van der Waals surface area (Å²) in [5.74, 6) is -0.487. The summed E-state index contributed by atoms with van der Waals surface area (Å²) in [4.78, 5) is 13.0. The number of carbonyl (C=O) groups is 1. The average molecular weight is 457 g/mol. The van der Waals surface area contributed by atoms with E-state index in [1.165, 1.54) is 6.07 Å². The molecule has 2 aromatic carbocycles. The zero-order valence-corrected chi connectivity index (χ0v) is 18.7. The Morgan fingerprint density at radius 1 is 1.06 bits per heavy atom. The highest BCUT2D eigenvalue weighted by molar-refractivity contribution is 5.95. The average Bonchev–Trinajstić information content (AvgIpc) is 3.41. The largest absolute Gasteiger partial charge is 0.416 e. The highest BCUT2D eigenvalue weighted by Crippen LogP contribution is 2.41. The fraction of sp³-hybridized carbons (Fsp3) is 0.360. The van der Waals surface area contributed by atoms with E-state index in [9.17, 15) is 18.0 Å². The Balaban J connectivity index is 1.66. The lowest BCUT2D eigenvalue weighted by Gasteiger charge is -2.21. The number of amides is 1. The number of anilines is 1. The number of nitrogens with one attached hydrogen (secondary N) is 2. The summed E-state index contributed by atoms with van der Waals surface area (Å²) in [6.45, 7) is 6.07. The zero-order valence-electron chi connectivity index (χ0n) is 18.7. The van der Waals surface area contributed by atoms with Crippen molar-refractivity contribution in [1.82, 2.24) is 15.1 Å². The van der Waals surface area contributed by atoms with Crippen LogP contribution in [0.4, 0.5) is 18.9 Å². The second kappa shape index (κ2) is 8.67. The van der Waals surface area contributed by atoms with Crippen LogP contribution in [0.2, 0.25) is 0 Å². The SMILES string of the molecule is CC(C)(C)n1ccc(C2C[C@@H](C(=O)Nc3ccccc3)N[C@H]2c2cccc(C(F)(F)F)c2)n1. The molecule has 0 aliphatic carbocycles. The van der Waals surface area contributed by atoms with Crippen LogP contribution in [0.1, 0.15) is 56.0 Å². The minimum atomic E-state index is -4.44. The third-order valence-electron chi connectivity index (χ3n) is 5.88. The molecule has 1 amide bonds. The van der Waals surface area contributed by atoms with Crippen LogP contribution in [0.15, 0.2) is 66.9 Å². The van der Waals surface area contributed by atoms with Crippen molar-refractivity contribution >= 4 is 11.6 Å². The number of halogens is 3. The van der Waals surface area contributed by atoms with E-state index in [-0.39, 0.29) is 17.4 Å². The zero-order chi connectivity index (χ0) is 23.8. The summed E-state index contributed by atoms with van der Waals surface area (Å²) in [6.07, 6.45) is -2.15. The van der Waals surface area contributed by atoms with Gasteiger partial charge in [0.15, 0.2) is 0 Å². The van der Waals surface area contributed by atoms with E-state index >= 15 is 0 Å². The molecule has 0 bridgehead atoms. The normalized spacial score (nSPS) is 21.2. The Bertz CT molecular complexity index is 1120.